The van der Waals surface area contributed by atoms with Gasteiger partial charge in [-0.25, -0.2) is 0 Å². The maximum absolute atomic E-state index is 6.10. The molecule has 2 nitrogen and oxygen atoms in total. The highest BCUT2D eigenvalue weighted by atomic mass is 35.5. The van der Waals surface area contributed by atoms with Gasteiger partial charge in [-0.2, -0.15) is 11.8 Å². The molecular weight excluding hydrogens is 254 g/mol. The molecule has 0 saturated carbocycles. The van der Waals surface area contributed by atoms with Crippen molar-refractivity contribution in [3.63, 3.8) is 0 Å². The van der Waals surface area contributed by atoms with Crippen molar-refractivity contribution in [1.82, 2.24) is 5.32 Å². The third-order valence-electron chi connectivity index (χ3n) is 2.84. The van der Waals surface area contributed by atoms with Gasteiger partial charge in [0, 0.05) is 23.6 Å². The summed E-state index contributed by atoms with van der Waals surface area (Å²) in [5, 5.41) is 4.26. The Morgan fingerprint density at radius 2 is 2.35 bits per heavy atom. The summed E-state index contributed by atoms with van der Waals surface area (Å²) in [4.78, 5) is 0. The molecule has 0 bridgehead atoms. The van der Waals surface area contributed by atoms with Crippen molar-refractivity contribution >= 4 is 23.4 Å². The molecule has 2 rings (SSSR count). The van der Waals surface area contributed by atoms with Gasteiger partial charge in [-0.15, -0.1) is 0 Å². The Labute approximate surface area is 112 Å². The van der Waals surface area contributed by atoms with Gasteiger partial charge in [-0.1, -0.05) is 11.6 Å². The molecule has 0 radical (unpaired) electrons. The average molecular weight is 272 g/mol. The zero-order valence-corrected chi connectivity index (χ0v) is 11.7. The first-order chi connectivity index (χ1) is 8.31. The molecule has 1 aromatic rings. The van der Waals surface area contributed by atoms with Crippen molar-refractivity contribution < 1.29 is 4.74 Å². The molecule has 0 atom stereocenters. The Balaban J connectivity index is 1.92. The van der Waals surface area contributed by atoms with E-state index in [1.54, 1.807) is 0 Å². The fraction of sp³-hybridized carbons (Fsp3) is 0.538. The van der Waals surface area contributed by atoms with Crippen LogP contribution in [0.2, 0.25) is 5.02 Å². The van der Waals surface area contributed by atoms with E-state index in [1.165, 1.54) is 23.3 Å². The van der Waals surface area contributed by atoms with Crippen LogP contribution in [0.1, 0.15) is 17.5 Å². The minimum Gasteiger partial charge on any atom is -0.493 e. The fourth-order valence-corrected chi connectivity index (χ4v) is 2.74. The smallest absolute Gasteiger partial charge is 0.127 e. The van der Waals surface area contributed by atoms with Gasteiger partial charge in [0.15, 0.2) is 0 Å². The monoisotopic (exact) mass is 271 g/mol. The third-order valence-corrected chi connectivity index (χ3v) is 3.76. The van der Waals surface area contributed by atoms with Gasteiger partial charge in [0.2, 0.25) is 0 Å². The van der Waals surface area contributed by atoms with Crippen molar-refractivity contribution in [1.29, 1.82) is 0 Å². The van der Waals surface area contributed by atoms with Crippen LogP contribution >= 0.6 is 23.4 Å². The van der Waals surface area contributed by atoms with Gasteiger partial charge in [-0.3, -0.25) is 0 Å². The Bertz CT molecular complexity index is 384. The highest BCUT2D eigenvalue weighted by Crippen LogP contribution is 2.32. The zero-order valence-electron chi connectivity index (χ0n) is 10.1. The van der Waals surface area contributed by atoms with Crippen molar-refractivity contribution in [2.45, 2.75) is 19.4 Å². The van der Waals surface area contributed by atoms with Gasteiger partial charge in [-0.05, 0) is 42.7 Å². The third kappa shape index (κ3) is 3.54. The average Bonchev–Trinajstić information content (AvgIpc) is 2.76. The van der Waals surface area contributed by atoms with Crippen molar-refractivity contribution in [3.05, 3.63) is 28.3 Å². The zero-order chi connectivity index (χ0) is 12.1. The van der Waals surface area contributed by atoms with E-state index in [2.05, 4.69) is 11.6 Å². The molecule has 1 heterocycles. The molecular formula is C13H18ClNOS. The number of nitrogens with one attached hydrogen (secondary N) is 1. The number of hydrogen-bond donors (Lipinski definition) is 1. The van der Waals surface area contributed by atoms with E-state index in [0.29, 0.717) is 0 Å². The van der Waals surface area contributed by atoms with Gasteiger partial charge in [0.1, 0.15) is 5.75 Å². The van der Waals surface area contributed by atoms with Crippen molar-refractivity contribution in [2.24, 2.45) is 0 Å². The quantitative estimate of drug-likeness (QED) is 0.804. The van der Waals surface area contributed by atoms with E-state index in [0.717, 1.165) is 36.9 Å². The largest absolute Gasteiger partial charge is 0.493 e. The summed E-state index contributed by atoms with van der Waals surface area (Å²) in [6, 6.07) is 4.02. The Kier molecular flexibility index (Phi) is 5.01. The predicted molar refractivity (Wildman–Crippen MR) is 75.4 cm³/mol. The van der Waals surface area contributed by atoms with Crippen LogP contribution in [0.3, 0.4) is 0 Å². The lowest BCUT2D eigenvalue weighted by atomic mass is 10.1. The van der Waals surface area contributed by atoms with E-state index in [4.69, 9.17) is 16.3 Å². The standard InChI is InChI=1S/C13H18ClNOS/c1-17-6-2-4-15-9-11-8-12(14)7-10-3-5-16-13(10)11/h7-8,15H,2-6,9H2,1H3. The SMILES string of the molecule is CSCCCNCc1cc(Cl)cc2c1OCC2. The van der Waals surface area contributed by atoms with Gasteiger partial charge >= 0.3 is 0 Å². The topological polar surface area (TPSA) is 21.3 Å². The number of ether oxygens (including phenoxy) is 1. The Morgan fingerprint density at radius 1 is 1.47 bits per heavy atom. The van der Waals surface area contributed by atoms with E-state index >= 15 is 0 Å². The van der Waals surface area contributed by atoms with Gasteiger partial charge < -0.3 is 10.1 Å². The van der Waals surface area contributed by atoms with Gasteiger partial charge in [0.25, 0.3) is 0 Å². The summed E-state index contributed by atoms with van der Waals surface area (Å²) < 4.78 is 5.66. The summed E-state index contributed by atoms with van der Waals surface area (Å²) in [5.74, 6) is 2.25. The summed E-state index contributed by atoms with van der Waals surface area (Å²) in [6.07, 6.45) is 4.32. The molecule has 0 aliphatic carbocycles. The Hall–Kier alpha value is -0.380. The maximum atomic E-state index is 6.10. The molecule has 1 aliphatic heterocycles. The second kappa shape index (κ2) is 6.53. The number of thioether (sulfide) groups is 1. The molecule has 1 aromatic carbocycles. The fourth-order valence-electron chi connectivity index (χ4n) is 2.04. The first kappa shape index (κ1) is 13.1. The predicted octanol–water partition coefficient (Wildman–Crippen LogP) is 3.12. The normalized spacial score (nSPS) is 13.5. The molecule has 0 spiro atoms. The van der Waals surface area contributed by atoms with Crippen LogP contribution in [0.15, 0.2) is 12.1 Å². The van der Waals surface area contributed by atoms with E-state index in [9.17, 15) is 0 Å². The van der Waals surface area contributed by atoms with Crippen LogP contribution in [-0.4, -0.2) is 25.2 Å². The van der Waals surface area contributed by atoms with Crippen LogP contribution < -0.4 is 10.1 Å². The molecule has 94 valence electrons. The lowest BCUT2D eigenvalue weighted by Gasteiger charge is -2.10. The number of hydrogen-bond acceptors (Lipinski definition) is 3. The molecule has 0 saturated heterocycles. The number of halogens is 1. The summed E-state index contributed by atoms with van der Waals surface area (Å²) in [6.45, 7) is 2.68. The van der Waals surface area contributed by atoms with Crippen LogP contribution in [0, 0.1) is 0 Å². The van der Waals surface area contributed by atoms with Crippen molar-refractivity contribution in [2.75, 3.05) is 25.2 Å². The van der Waals surface area contributed by atoms with E-state index in [1.807, 2.05) is 23.9 Å². The molecule has 0 unspecified atom stereocenters. The van der Waals surface area contributed by atoms with Gasteiger partial charge in [0.05, 0.1) is 6.61 Å². The van der Waals surface area contributed by atoms with Crippen LogP contribution in [0.25, 0.3) is 0 Å². The molecule has 4 heteroatoms. The molecule has 1 N–H and O–H groups in total. The number of rotatable bonds is 6. The first-order valence-corrected chi connectivity index (χ1v) is 7.72. The van der Waals surface area contributed by atoms with Crippen LogP contribution in [0.4, 0.5) is 0 Å². The summed E-state index contributed by atoms with van der Waals surface area (Å²) >= 11 is 7.99. The van der Waals surface area contributed by atoms with Crippen LogP contribution in [0.5, 0.6) is 5.75 Å². The van der Waals surface area contributed by atoms with E-state index < -0.39 is 0 Å². The molecule has 0 aromatic heterocycles. The maximum Gasteiger partial charge on any atom is 0.127 e. The molecule has 1 aliphatic rings. The number of fused-ring (bicyclic) bond motifs is 1. The van der Waals surface area contributed by atoms with E-state index in [-0.39, 0.29) is 0 Å². The second-order valence-electron chi connectivity index (χ2n) is 4.17. The van der Waals surface area contributed by atoms with Crippen LogP contribution in [-0.2, 0) is 13.0 Å². The molecule has 0 fully saturated rings. The number of benzene rings is 1. The molecule has 0 amide bonds. The minimum atomic E-state index is 0.787. The highest BCUT2D eigenvalue weighted by molar-refractivity contribution is 7.98. The lowest BCUT2D eigenvalue weighted by Crippen LogP contribution is -2.15. The molecule has 17 heavy (non-hydrogen) atoms. The second-order valence-corrected chi connectivity index (χ2v) is 5.60. The summed E-state index contributed by atoms with van der Waals surface area (Å²) in [7, 11) is 0. The highest BCUT2D eigenvalue weighted by Gasteiger charge is 2.16. The summed E-state index contributed by atoms with van der Waals surface area (Å²) in [5.41, 5.74) is 2.44. The Morgan fingerprint density at radius 3 is 3.18 bits per heavy atom. The van der Waals surface area contributed by atoms with Crippen molar-refractivity contribution in [3.8, 4) is 5.75 Å². The lowest BCUT2D eigenvalue weighted by molar-refractivity contribution is 0.352. The first-order valence-electron chi connectivity index (χ1n) is 5.95. The minimum absolute atomic E-state index is 0.787.